The molecule has 0 bridgehead atoms. The van der Waals surface area contributed by atoms with Gasteiger partial charge in [0.15, 0.2) is 5.78 Å². The summed E-state index contributed by atoms with van der Waals surface area (Å²) in [7, 11) is 0. The molecular weight excluding hydrogens is 282 g/mol. The van der Waals surface area contributed by atoms with E-state index in [9.17, 15) is 4.79 Å². The van der Waals surface area contributed by atoms with E-state index in [1.807, 2.05) is 25.5 Å². The number of ketones is 1. The number of nitrogens with zero attached hydrogens (tertiary/aromatic N) is 3. The fraction of sp³-hybridized carbons (Fsp3) is 0.462. The highest BCUT2D eigenvalue weighted by Gasteiger charge is 2.20. The summed E-state index contributed by atoms with van der Waals surface area (Å²) < 4.78 is 1.81. The van der Waals surface area contributed by atoms with Crippen LogP contribution in [0.3, 0.4) is 0 Å². The molecule has 0 aliphatic carbocycles. The zero-order chi connectivity index (χ0) is 14.0. The Morgan fingerprint density at radius 2 is 2.21 bits per heavy atom. The Morgan fingerprint density at radius 1 is 1.47 bits per heavy atom. The van der Waals surface area contributed by atoms with Crippen LogP contribution in [0.5, 0.6) is 0 Å². The van der Waals surface area contributed by atoms with Crippen molar-refractivity contribution in [2.75, 3.05) is 0 Å². The first-order valence-electron chi connectivity index (χ1n) is 6.25. The molecule has 0 saturated heterocycles. The van der Waals surface area contributed by atoms with Crippen molar-refractivity contribution in [3.05, 3.63) is 32.5 Å². The van der Waals surface area contributed by atoms with Gasteiger partial charge >= 0.3 is 0 Å². The SMILES string of the molecule is CCc1nn(CC)c(CC(=O)c2scnc2C)c1Cl. The van der Waals surface area contributed by atoms with Crippen molar-refractivity contribution in [1.29, 1.82) is 0 Å². The van der Waals surface area contributed by atoms with Crippen molar-refractivity contribution in [1.82, 2.24) is 14.8 Å². The van der Waals surface area contributed by atoms with Crippen molar-refractivity contribution in [2.24, 2.45) is 0 Å². The number of aryl methyl sites for hydroxylation is 3. The van der Waals surface area contributed by atoms with E-state index in [1.54, 1.807) is 5.51 Å². The molecule has 0 radical (unpaired) electrons. The molecule has 0 spiro atoms. The molecule has 0 fully saturated rings. The normalized spacial score (nSPS) is 10.9. The quantitative estimate of drug-likeness (QED) is 0.796. The minimum absolute atomic E-state index is 0.0548. The molecule has 0 saturated carbocycles. The maximum atomic E-state index is 12.3. The molecule has 19 heavy (non-hydrogen) atoms. The van der Waals surface area contributed by atoms with Crippen molar-refractivity contribution >= 4 is 28.7 Å². The van der Waals surface area contributed by atoms with Crippen molar-refractivity contribution in [3.8, 4) is 0 Å². The summed E-state index contributed by atoms with van der Waals surface area (Å²) in [6.07, 6.45) is 1.05. The summed E-state index contributed by atoms with van der Waals surface area (Å²) in [5.41, 5.74) is 4.13. The van der Waals surface area contributed by atoms with Gasteiger partial charge in [-0.2, -0.15) is 5.10 Å². The Morgan fingerprint density at radius 3 is 2.74 bits per heavy atom. The van der Waals surface area contributed by atoms with Gasteiger partial charge in [-0.15, -0.1) is 11.3 Å². The van der Waals surface area contributed by atoms with E-state index >= 15 is 0 Å². The third-order valence-corrected chi connectivity index (χ3v) is 4.43. The number of rotatable bonds is 5. The summed E-state index contributed by atoms with van der Waals surface area (Å²) >= 11 is 7.68. The fourth-order valence-electron chi connectivity index (χ4n) is 1.99. The van der Waals surface area contributed by atoms with Crippen LogP contribution in [-0.4, -0.2) is 20.5 Å². The zero-order valence-electron chi connectivity index (χ0n) is 11.2. The van der Waals surface area contributed by atoms with E-state index in [0.29, 0.717) is 16.4 Å². The molecular formula is C13H16ClN3OS. The Kier molecular flexibility index (Phi) is 4.37. The standard InChI is InChI=1S/C13H16ClN3OS/c1-4-9-12(14)10(17(5-2)16-9)6-11(18)13-8(3)15-7-19-13/h7H,4-6H2,1-3H3. The van der Waals surface area contributed by atoms with Gasteiger partial charge in [-0.25, -0.2) is 4.98 Å². The number of hydrogen-bond acceptors (Lipinski definition) is 4. The van der Waals surface area contributed by atoms with Crippen LogP contribution in [0.2, 0.25) is 5.02 Å². The van der Waals surface area contributed by atoms with Crippen molar-refractivity contribution in [3.63, 3.8) is 0 Å². The number of carbonyl (C=O) groups excluding carboxylic acids is 1. The van der Waals surface area contributed by atoms with E-state index < -0.39 is 0 Å². The molecule has 0 aromatic carbocycles. The number of carbonyl (C=O) groups is 1. The van der Waals surface area contributed by atoms with Crippen LogP contribution in [0.4, 0.5) is 0 Å². The van der Waals surface area contributed by atoms with Crippen LogP contribution in [-0.2, 0) is 19.4 Å². The minimum atomic E-state index is 0.0548. The van der Waals surface area contributed by atoms with E-state index in [0.717, 1.165) is 23.5 Å². The molecule has 0 amide bonds. The second-order valence-electron chi connectivity index (χ2n) is 4.24. The summed E-state index contributed by atoms with van der Waals surface area (Å²) in [5.74, 6) is 0.0548. The van der Waals surface area contributed by atoms with Crippen LogP contribution < -0.4 is 0 Å². The number of Topliss-reactive ketones (excluding diaryl/α,β-unsaturated/α-hetero) is 1. The maximum Gasteiger partial charge on any atom is 0.180 e. The van der Waals surface area contributed by atoms with E-state index in [-0.39, 0.29) is 12.2 Å². The average Bonchev–Trinajstić information content (AvgIpc) is 2.95. The Bertz CT molecular complexity index is 603. The van der Waals surface area contributed by atoms with Gasteiger partial charge in [-0.3, -0.25) is 9.48 Å². The Balaban J connectivity index is 2.31. The summed E-state index contributed by atoms with van der Waals surface area (Å²) in [6, 6.07) is 0. The lowest BCUT2D eigenvalue weighted by Gasteiger charge is -2.04. The lowest BCUT2D eigenvalue weighted by molar-refractivity contribution is 0.0993. The lowest BCUT2D eigenvalue weighted by atomic mass is 10.1. The molecule has 0 N–H and O–H groups in total. The Hall–Kier alpha value is -1.20. The third kappa shape index (κ3) is 2.72. The topological polar surface area (TPSA) is 47.8 Å². The summed E-state index contributed by atoms with van der Waals surface area (Å²) in [6.45, 7) is 6.56. The first-order chi connectivity index (χ1) is 9.08. The van der Waals surface area contributed by atoms with Crippen LogP contribution in [0.1, 0.15) is 40.6 Å². The largest absolute Gasteiger partial charge is 0.293 e. The fourth-order valence-corrected chi connectivity index (χ4v) is 3.07. The molecule has 0 atom stereocenters. The van der Waals surface area contributed by atoms with E-state index in [4.69, 9.17) is 11.6 Å². The second kappa shape index (κ2) is 5.84. The zero-order valence-corrected chi connectivity index (χ0v) is 12.8. The lowest BCUT2D eigenvalue weighted by Crippen LogP contribution is -2.10. The smallest absolute Gasteiger partial charge is 0.180 e. The monoisotopic (exact) mass is 297 g/mol. The van der Waals surface area contributed by atoms with Gasteiger partial charge in [-0.1, -0.05) is 18.5 Å². The summed E-state index contributed by atoms with van der Waals surface area (Å²) in [4.78, 5) is 17.1. The van der Waals surface area contributed by atoms with Crippen LogP contribution in [0.25, 0.3) is 0 Å². The van der Waals surface area contributed by atoms with Gasteiger partial charge in [0, 0.05) is 6.54 Å². The third-order valence-electron chi connectivity index (χ3n) is 3.02. The molecule has 6 heteroatoms. The molecule has 0 aliphatic rings. The van der Waals surface area contributed by atoms with Gasteiger partial charge in [0.25, 0.3) is 0 Å². The highest BCUT2D eigenvalue weighted by atomic mass is 35.5. The van der Waals surface area contributed by atoms with Gasteiger partial charge in [-0.05, 0) is 20.3 Å². The molecule has 4 nitrogen and oxygen atoms in total. The second-order valence-corrected chi connectivity index (χ2v) is 5.48. The first-order valence-corrected chi connectivity index (χ1v) is 7.51. The first kappa shape index (κ1) is 14.2. The molecule has 0 aliphatic heterocycles. The molecule has 2 heterocycles. The molecule has 2 aromatic heterocycles. The number of hydrogen-bond donors (Lipinski definition) is 0. The van der Waals surface area contributed by atoms with Gasteiger partial charge in [0.2, 0.25) is 0 Å². The van der Waals surface area contributed by atoms with E-state index in [1.165, 1.54) is 11.3 Å². The number of aromatic nitrogens is 3. The maximum absolute atomic E-state index is 12.3. The van der Waals surface area contributed by atoms with Crippen molar-refractivity contribution < 1.29 is 4.79 Å². The van der Waals surface area contributed by atoms with Crippen LogP contribution in [0.15, 0.2) is 5.51 Å². The number of thiazole rings is 1. The number of halogens is 1. The molecule has 102 valence electrons. The van der Waals surface area contributed by atoms with Crippen LogP contribution in [0, 0.1) is 6.92 Å². The van der Waals surface area contributed by atoms with Gasteiger partial charge in [0.05, 0.1) is 38.9 Å². The predicted octanol–water partition coefficient (Wildman–Crippen LogP) is 3.31. The average molecular weight is 298 g/mol. The molecule has 2 aromatic rings. The Labute approximate surface area is 121 Å². The van der Waals surface area contributed by atoms with Gasteiger partial charge < -0.3 is 0 Å². The molecule has 2 rings (SSSR count). The molecule has 0 unspecified atom stereocenters. The minimum Gasteiger partial charge on any atom is -0.293 e. The summed E-state index contributed by atoms with van der Waals surface area (Å²) in [5, 5.41) is 5.05. The highest BCUT2D eigenvalue weighted by Crippen LogP contribution is 2.24. The predicted molar refractivity (Wildman–Crippen MR) is 77.2 cm³/mol. The van der Waals surface area contributed by atoms with Crippen molar-refractivity contribution in [2.45, 2.75) is 40.2 Å². The van der Waals surface area contributed by atoms with Gasteiger partial charge in [0.1, 0.15) is 0 Å². The highest BCUT2D eigenvalue weighted by molar-refractivity contribution is 7.11. The van der Waals surface area contributed by atoms with Crippen LogP contribution >= 0.6 is 22.9 Å². The van der Waals surface area contributed by atoms with E-state index in [2.05, 4.69) is 10.1 Å².